The zero-order valence-electron chi connectivity index (χ0n) is 23.2. The van der Waals surface area contributed by atoms with E-state index >= 15 is 0 Å². The van der Waals surface area contributed by atoms with E-state index in [0.717, 1.165) is 18.2 Å². The Balaban J connectivity index is 1.73. The highest BCUT2D eigenvalue weighted by Crippen LogP contribution is 2.43. The van der Waals surface area contributed by atoms with Crippen molar-refractivity contribution in [1.82, 2.24) is 9.97 Å². The summed E-state index contributed by atoms with van der Waals surface area (Å²) in [7, 11) is -21.1. The number of phenolic OH excluding ortho intramolecular Hbond substituents is 1. The van der Waals surface area contributed by atoms with Gasteiger partial charge in [0.15, 0.2) is 11.6 Å². The average molecular weight is 782 g/mol. The second-order valence-corrected chi connectivity index (χ2v) is 15.6. The highest BCUT2D eigenvalue weighted by atomic mass is 35.5. The minimum absolute atomic E-state index is 0.0253. The number of aromatic nitrogens is 2. The molecule has 1 aromatic heterocycles. The van der Waals surface area contributed by atoms with Gasteiger partial charge in [0.05, 0.1) is 4.90 Å². The van der Waals surface area contributed by atoms with Crippen molar-refractivity contribution in [3.8, 4) is 5.75 Å². The molecule has 0 aliphatic rings. The van der Waals surface area contributed by atoms with Crippen LogP contribution in [0.3, 0.4) is 0 Å². The van der Waals surface area contributed by atoms with Gasteiger partial charge in [-0.2, -0.15) is 52.4 Å². The van der Waals surface area contributed by atoms with Crippen molar-refractivity contribution in [1.29, 1.82) is 0 Å². The van der Waals surface area contributed by atoms with Crippen LogP contribution in [0.4, 0.5) is 31.7 Å². The Hall–Kier alpha value is -4.53. The second-order valence-electron chi connectivity index (χ2n) is 9.64. The van der Waals surface area contributed by atoms with Gasteiger partial charge in [-0.15, -0.1) is 10.2 Å². The van der Waals surface area contributed by atoms with Crippen LogP contribution in [0.5, 0.6) is 5.75 Å². The highest BCUT2D eigenvalue weighted by molar-refractivity contribution is 7.87. The molecule has 49 heavy (non-hydrogen) atoms. The Morgan fingerprint density at radius 1 is 0.673 bits per heavy atom. The molecule has 0 atom stereocenters. The molecule has 1 heterocycles. The fraction of sp³-hybridized carbons (Fsp3) is 0. The van der Waals surface area contributed by atoms with Crippen molar-refractivity contribution in [3.05, 3.63) is 65.6 Å². The van der Waals surface area contributed by atoms with Gasteiger partial charge in [-0.1, -0.05) is 11.6 Å². The standard InChI is InChI=1S/C24H14ClF2N5O13S4/c25-19-22(26)29-24(27)30-23(19)28-11-1-2-13-9(3-11)6-18(49(43,44)45)20(21(13)33)32-31-15-8-14-10(5-17(15)48(40,41)42)4-12(46(34,35)36)7-16(14)47(37,38)39/h1-8,33H,(H,28,29,30)(H,34,35,36)(H,37,38,39)(H,40,41,42)(H,43,44,45). The fourth-order valence-electron chi connectivity index (χ4n) is 4.41. The zero-order valence-corrected chi connectivity index (χ0v) is 27.2. The first-order chi connectivity index (χ1) is 22.4. The first-order valence-corrected chi connectivity index (χ1v) is 18.5. The SMILES string of the molecule is O=S(=O)(O)c1cc(S(=O)(=O)O)c2cc(N=Nc3c(S(=O)(=O)O)cc4cc(Nc5nc(F)nc(F)c5Cl)ccc4c3O)c(S(=O)(=O)O)cc2c1. The predicted molar refractivity (Wildman–Crippen MR) is 163 cm³/mol. The minimum Gasteiger partial charge on any atom is -0.505 e. The summed E-state index contributed by atoms with van der Waals surface area (Å²) in [6.45, 7) is 0. The van der Waals surface area contributed by atoms with E-state index in [1.165, 1.54) is 6.07 Å². The van der Waals surface area contributed by atoms with Gasteiger partial charge in [0.2, 0.25) is 5.95 Å². The summed E-state index contributed by atoms with van der Waals surface area (Å²) >= 11 is 5.74. The topological polar surface area (TPSA) is 300 Å². The number of hydrogen-bond donors (Lipinski definition) is 6. The second kappa shape index (κ2) is 12.1. The van der Waals surface area contributed by atoms with E-state index < -0.39 is 111 Å². The van der Waals surface area contributed by atoms with Gasteiger partial charge in [0.1, 0.15) is 31.1 Å². The summed E-state index contributed by atoms with van der Waals surface area (Å²) in [4.78, 5) is 1.52. The maximum atomic E-state index is 13.7. The monoisotopic (exact) mass is 781 g/mol. The molecule has 0 saturated carbocycles. The molecule has 0 aliphatic carbocycles. The predicted octanol–water partition coefficient (Wildman–Crippen LogP) is 4.57. The number of nitrogens with one attached hydrogen (secondary N) is 1. The number of rotatable bonds is 8. The van der Waals surface area contributed by atoms with Gasteiger partial charge in [-0.05, 0) is 59.3 Å². The van der Waals surface area contributed by atoms with Crippen LogP contribution in [0.15, 0.2) is 78.3 Å². The molecule has 0 bridgehead atoms. The van der Waals surface area contributed by atoms with E-state index in [2.05, 4.69) is 25.5 Å². The van der Waals surface area contributed by atoms with E-state index in [9.17, 15) is 65.8 Å². The van der Waals surface area contributed by atoms with Crippen molar-refractivity contribution in [3.63, 3.8) is 0 Å². The minimum atomic E-state index is -5.33. The summed E-state index contributed by atoms with van der Waals surface area (Å²) in [6, 6.07) is 6.18. The summed E-state index contributed by atoms with van der Waals surface area (Å²) in [5, 5.41) is 18.2. The third-order valence-electron chi connectivity index (χ3n) is 6.45. The fourth-order valence-corrected chi connectivity index (χ4v) is 7.18. The molecule has 0 spiro atoms. The third kappa shape index (κ3) is 7.26. The molecule has 5 aromatic rings. The maximum Gasteiger partial charge on any atom is 0.313 e. The quantitative estimate of drug-likeness (QED) is 0.0544. The van der Waals surface area contributed by atoms with Crippen LogP contribution in [0, 0.1) is 12.0 Å². The Morgan fingerprint density at radius 3 is 1.86 bits per heavy atom. The largest absolute Gasteiger partial charge is 0.505 e. The molecule has 6 N–H and O–H groups in total. The van der Waals surface area contributed by atoms with E-state index in [1.54, 1.807) is 0 Å². The molecule has 18 nitrogen and oxygen atoms in total. The number of phenols is 1. The molecule has 0 unspecified atom stereocenters. The van der Waals surface area contributed by atoms with Crippen molar-refractivity contribution >= 4 is 96.5 Å². The van der Waals surface area contributed by atoms with Crippen LogP contribution in [0.25, 0.3) is 21.5 Å². The van der Waals surface area contributed by atoms with Gasteiger partial charge in [0, 0.05) is 16.5 Å². The smallest absolute Gasteiger partial charge is 0.313 e. The summed E-state index contributed by atoms with van der Waals surface area (Å²) < 4.78 is 163. The molecule has 0 fully saturated rings. The Bertz CT molecular complexity index is 2750. The highest BCUT2D eigenvalue weighted by Gasteiger charge is 2.26. The Kier molecular flexibility index (Phi) is 8.84. The molecule has 0 saturated heterocycles. The van der Waals surface area contributed by atoms with E-state index in [0.29, 0.717) is 24.3 Å². The van der Waals surface area contributed by atoms with Gasteiger partial charge in [-0.3, -0.25) is 18.2 Å². The molecule has 5 rings (SSSR count). The van der Waals surface area contributed by atoms with E-state index in [-0.39, 0.29) is 16.5 Å². The Labute approximate surface area is 277 Å². The molecule has 0 aliphatic heterocycles. The number of hydrogen-bond acceptors (Lipinski definition) is 14. The number of fused-ring (bicyclic) bond motifs is 2. The van der Waals surface area contributed by atoms with Crippen LogP contribution < -0.4 is 5.32 Å². The van der Waals surface area contributed by atoms with Crippen LogP contribution >= 0.6 is 11.6 Å². The Morgan fingerprint density at radius 2 is 1.27 bits per heavy atom. The van der Waals surface area contributed by atoms with Gasteiger partial charge < -0.3 is 10.4 Å². The van der Waals surface area contributed by atoms with Crippen LogP contribution in [0.2, 0.25) is 5.02 Å². The van der Waals surface area contributed by atoms with Gasteiger partial charge in [0.25, 0.3) is 40.5 Å². The van der Waals surface area contributed by atoms with Crippen LogP contribution in [0.1, 0.15) is 0 Å². The molecule has 25 heteroatoms. The number of halogens is 3. The first kappa shape index (κ1) is 35.8. The molecule has 0 amide bonds. The van der Waals surface area contributed by atoms with Crippen molar-refractivity contribution in [2.24, 2.45) is 10.2 Å². The summed E-state index contributed by atoms with van der Waals surface area (Å²) in [5.74, 6) is -2.94. The summed E-state index contributed by atoms with van der Waals surface area (Å²) in [6.07, 6.45) is -1.48. The molecular formula is C24H14ClF2N5O13S4. The van der Waals surface area contributed by atoms with Crippen LogP contribution in [-0.2, 0) is 40.5 Å². The number of azo groups is 1. The lowest BCUT2D eigenvalue weighted by molar-refractivity contribution is 0.471. The van der Waals surface area contributed by atoms with Gasteiger partial charge >= 0.3 is 6.08 Å². The molecule has 0 radical (unpaired) electrons. The van der Waals surface area contributed by atoms with Gasteiger partial charge in [-0.25, -0.2) is 0 Å². The molecule has 258 valence electrons. The first-order valence-electron chi connectivity index (χ1n) is 12.3. The van der Waals surface area contributed by atoms with Crippen molar-refractivity contribution in [2.75, 3.05) is 5.32 Å². The van der Waals surface area contributed by atoms with Crippen LogP contribution in [-0.4, -0.2) is 67.0 Å². The maximum absolute atomic E-state index is 13.7. The zero-order chi connectivity index (χ0) is 36.4. The lowest BCUT2D eigenvalue weighted by atomic mass is 10.1. The van der Waals surface area contributed by atoms with E-state index in [4.69, 9.17) is 11.6 Å². The normalized spacial score (nSPS) is 13.0. The number of nitrogens with zero attached hydrogens (tertiary/aromatic N) is 4. The van der Waals surface area contributed by atoms with Crippen molar-refractivity contribution < 1.29 is 65.8 Å². The average Bonchev–Trinajstić information content (AvgIpc) is 2.96. The lowest BCUT2D eigenvalue weighted by Crippen LogP contribution is -2.05. The number of anilines is 2. The third-order valence-corrected chi connectivity index (χ3v) is 10.3. The number of aromatic hydroxyl groups is 1. The van der Waals surface area contributed by atoms with E-state index in [1.807, 2.05) is 0 Å². The summed E-state index contributed by atoms with van der Waals surface area (Å²) in [5.41, 5.74) is -2.00. The number of benzene rings is 4. The lowest BCUT2D eigenvalue weighted by Gasteiger charge is -2.12. The molecular weight excluding hydrogens is 768 g/mol. The van der Waals surface area contributed by atoms with Crippen molar-refractivity contribution in [2.45, 2.75) is 19.6 Å². The molecule has 4 aromatic carbocycles.